The summed E-state index contributed by atoms with van der Waals surface area (Å²) in [5.41, 5.74) is 9.26. The van der Waals surface area contributed by atoms with Crippen molar-refractivity contribution in [3.8, 4) is 0 Å². The molecule has 144 valence electrons. The molecule has 4 N–H and O–H groups in total. The Bertz CT molecular complexity index is 1010. The molecule has 2 heterocycles. The van der Waals surface area contributed by atoms with E-state index in [0.717, 1.165) is 11.3 Å². The number of carbonyl (C=O) groups excluding carboxylic acids is 1. The lowest BCUT2D eigenvalue weighted by Gasteiger charge is -2.11. The molecule has 3 aromatic rings. The van der Waals surface area contributed by atoms with E-state index < -0.39 is 5.97 Å². The number of ether oxygens (including phenoxy) is 1. The molecule has 0 saturated heterocycles. The molecule has 0 spiro atoms. The number of H-pyrrole nitrogens is 1. The molecular formula is C20H22N6O2. The van der Waals surface area contributed by atoms with E-state index in [1.807, 2.05) is 44.2 Å². The Kier molecular flexibility index (Phi) is 5.69. The number of nitrogens with two attached hydrogens (primary N) is 1. The normalized spacial score (nSPS) is 11.0. The lowest BCUT2D eigenvalue weighted by molar-refractivity contribution is 0.0520. The first-order valence-corrected chi connectivity index (χ1v) is 8.84. The summed E-state index contributed by atoms with van der Waals surface area (Å²) in [5, 5.41) is 9.95. The lowest BCUT2D eigenvalue weighted by Crippen LogP contribution is -2.14. The number of aryl methyl sites for hydroxylation is 2. The molecule has 0 unspecified atom stereocenters. The second-order valence-corrected chi connectivity index (χ2v) is 6.22. The molecule has 0 bridgehead atoms. The van der Waals surface area contributed by atoms with Gasteiger partial charge in [0.15, 0.2) is 23.2 Å². The summed E-state index contributed by atoms with van der Waals surface area (Å²) in [6.45, 7) is 5.84. The van der Waals surface area contributed by atoms with Crippen molar-refractivity contribution >= 4 is 35.4 Å². The maximum atomic E-state index is 12.3. The highest BCUT2D eigenvalue weighted by atomic mass is 16.5. The summed E-state index contributed by atoms with van der Waals surface area (Å²) < 4.78 is 5.07. The molecule has 2 aromatic heterocycles. The summed E-state index contributed by atoms with van der Waals surface area (Å²) in [7, 11) is 0. The van der Waals surface area contributed by atoms with Gasteiger partial charge in [-0.1, -0.05) is 35.9 Å². The second kappa shape index (κ2) is 8.34. The number of aromatic amines is 1. The van der Waals surface area contributed by atoms with Crippen LogP contribution < -0.4 is 11.1 Å². The Morgan fingerprint density at radius 2 is 1.96 bits per heavy atom. The highest BCUT2D eigenvalue weighted by Gasteiger charge is 2.19. The first kappa shape index (κ1) is 19.1. The van der Waals surface area contributed by atoms with Crippen molar-refractivity contribution in [2.24, 2.45) is 0 Å². The molecule has 0 fully saturated rings. The van der Waals surface area contributed by atoms with Crippen molar-refractivity contribution in [2.75, 3.05) is 17.7 Å². The van der Waals surface area contributed by atoms with E-state index in [1.54, 1.807) is 19.1 Å². The number of hydrogen-bond acceptors (Lipinski definition) is 7. The van der Waals surface area contributed by atoms with Crippen molar-refractivity contribution in [2.45, 2.75) is 20.8 Å². The zero-order valence-electron chi connectivity index (χ0n) is 16.0. The highest BCUT2D eigenvalue weighted by molar-refractivity contribution is 5.96. The van der Waals surface area contributed by atoms with Gasteiger partial charge in [-0.15, -0.1) is 0 Å². The number of benzene rings is 1. The minimum atomic E-state index is -0.603. The smallest absolute Gasteiger partial charge is 0.359 e. The van der Waals surface area contributed by atoms with E-state index in [9.17, 15) is 4.79 Å². The van der Waals surface area contributed by atoms with Gasteiger partial charge in [-0.3, -0.25) is 5.10 Å². The molecule has 8 nitrogen and oxygen atoms in total. The van der Waals surface area contributed by atoms with Crippen LogP contribution in [0, 0.1) is 13.8 Å². The molecule has 0 atom stereocenters. The molecule has 28 heavy (non-hydrogen) atoms. The minimum absolute atomic E-state index is 0.00941. The molecule has 0 aliphatic carbocycles. The van der Waals surface area contributed by atoms with Gasteiger partial charge in [-0.25, -0.2) is 14.8 Å². The molecular weight excluding hydrogens is 356 g/mol. The zero-order chi connectivity index (χ0) is 20.1. The SMILES string of the molecule is CCOC(=O)c1nc(/C=C/c2ccc(C)cc2)nc(Nc2cc(C)[nH]n2)c1N. The Morgan fingerprint density at radius 1 is 1.21 bits per heavy atom. The number of nitrogen functional groups attached to an aromatic ring is 1. The summed E-state index contributed by atoms with van der Waals surface area (Å²) in [6, 6.07) is 9.80. The topological polar surface area (TPSA) is 119 Å². The minimum Gasteiger partial charge on any atom is -0.461 e. The van der Waals surface area contributed by atoms with E-state index in [-0.39, 0.29) is 23.8 Å². The van der Waals surface area contributed by atoms with Gasteiger partial charge in [0, 0.05) is 11.8 Å². The van der Waals surface area contributed by atoms with Crippen molar-refractivity contribution in [3.05, 3.63) is 58.7 Å². The molecule has 3 rings (SSSR count). The Morgan fingerprint density at radius 3 is 2.61 bits per heavy atom. The van der Waals surface area contributed by atoms with E-state index in [1.165, 1.54) is 5.56 Å². The third kappa shape index (κ3) is 4.53. The predicted octanol–water partition coefficient (Wildman–Crippen LogP) is 3.49. The molecule has 1 aromatic carbocycles. The average molecular weight is 378 g/mol. The lowest BCUT2D eigenvalue weighted by atomic mass is 10.1. The van der Waals surface area contributed by atoms with Crippen LogP contribution in [0.2, 0.25) is 0 Å². The summed E-state index contributed by atoms with van der Waals surface area (Å²) >= 11 is 0. The van der Waals surface area contributed by atoms with Crippen LogP contribution in [0.15, 0.2) is 30.3 Å². The first-order chi connectivity index (χ1) is 13.5. The van der Waals surface area contributed by atoms with Gasteiger partial charge in [0.25, 0.3) is 0 Å². The van der Waals surface area contributed by atoms with Gasteiger partial charge in [-0.2, -0.15) is 5.10 Å². The van der Waals surface area contributed by atoms with Gasteiger partial charge in [0.05, 0.1) is 6.61 Å². The van der Waals surface area contributed by atoms with Crippen LogP contribution in [-0.4, -0.2) is 32.7 Å². The quantitative estimate of drug-likeness (QED) is 0.562. The van der Waals surface area contributed by atoms with Crippen LogP contribution in [-0.2, 0) is 4.74 Å². The average Bonchev–Trinajstić information content (AvgIpc) is 3.08. The Hall–Kier alpha value is -3.68. The van der Waals surface area contributed by atoms with Gasteiger partial charge in [0.1, 0.15) is 5.69 Å². The van der Waals surface area contributed by atoms with Crippen molar-refractivity contribution in [1.29, 1.82) is 0 Å². The highest BCUT2D eigenvalue weighted by Crippen LogP contribution is 2.24. The summed E-state index contributed by atoms with van der Waals surface area (Å²) in [5.74, 6) is 0.542. The van der Waals surface area contributed by atoms with E-state index in [4.69, 9.17) is 10.5 Å². The van der Waals surface area contributed by atoms with Gasteiger partial charge < -0.3 is 15.8 Å². The maximum absolute atomic E-state index is 12.3. The van der Waals surface area contributed by atoms with Crippen LogP contribution in [0.4, 0.5) is 17.3 Å². The van der Waals surface area contributed by atoms with E-state index in [2.05, 4.69) is 25.5 Å². The summed E-state index contributed by atoms with van der Waals surface area (Å²) in [6.07, 6.45) is 3.58. The number of hydrogen-bond donors (Lipinski definition) is 3. The zero-order valence-corrected chi connectivity index (χ0v) is 16.0. The van der Waals surface area contributed by atoms with Gasteiger partial charge in [0.2, 0.25) is 0 Å². The van der Waals surface area contributed by atoms with Crippen LogP contribution in [0.25, 0.3) is 12.2 Å². The Labute approximate surface area is 162 Å². The molecule has 0 aliphatic heterocycles. The molecule has 0 saturated carbocycles. The number of nitrogens with zero attached hydrogens (tertiary/aromatic N) is 3. The molecule has 8 heteroatoms. The van der Waals surface area contributed by atoms with E-state index in [0.29, 0.717) is 11.6 Å². The van der Waals surface area contributed by atoms with Crippen LogP contribution >= 0.6 is 0 Å². The fourth-order valence-corrected chi connectivity index (χ4v) is 2.46. The Balaban J connectivity index is 1.98. The molecule has 0 aliphatic rings. The predicted molar refractivity (Wildman–Crippen MR) is 109 cm³/mol. The van der Waals surface area contributed by atoms with E-state index >= 15 is 0 Å². The van der Waals surface area contributed by atoms with Crippen LogP contribution in [0.1, 0.15) is 40.1 Å². The van der Waals surface area contributed by atoms with Crippen LogP contribution in [0.3, 0.4) is 0 Å². The standard InChI is InChI=1S/C20H22N6O2/c1-4-28-20(27)18-17(21)19(24-16-11-13(3)25-26-16)23-15(22-18)10-9-14-7-5-12(2)6-8-14/h5-11H,4,21H2,1-3H3,(H2,22,23,24,25,26)/b10-9+. The third-order valence-corrected chi connectivity index (χ3v) is 3.89. The largest absolute Gasteiger partial charge is 0.461 e. The van der Waals surface area contributed by atoms with Crippen molar-refractivity contribution in [1.82, 2.24) is 20.2 Å². The van der Waals surface area contributed by atoms with Gasteiger partial charge in [-0.05, 0) is 32.4 Å². The van der Waals surface area contributed by atoms with Crippen molar-refractivity contribution in [3.63, 3.8) is 0 Å². The second-order valence-electron chi connectivity index (χ2n) is 6.22. The summed E-state index contributed by atoms with van der Waals surface area (Å²) in [4.78, 5) is 21.0. The number of rotatable bonds is 6. The van der Waals surface area contributed by atoms with Gasteiger partial charge >= 0.3 is 5.97 Å². The number of esters is 1. The van der Waals surface area contributed by atoms with Crippen LogP contribution in [0.5, 0.6) is 0 Å². The maximum Gasteiger partial charge on any atom is 0.359 e. The number of anilines is 3. The monoisotopic (exact) mass is 378 g/mol. The fourth-order valence-electron chi connectivity index (χ4n) is 2.46. The third-order valence-electron chi connectivity index (χ3n) is 3.89. The fraction of sp³-hybridized carbons (Fsp3) is 0.200. The first-order valence-electron chi connectivity index (χ1n) is 8.84. The molecule has 0 radical (unpaired) electrons. The van der Waals surface area contributed by atoms with Crippen molar-refractivity contribution < 1.29 is 9.53 Å². The number of carbonyl (C=O) groups is 1. The number of nitrogens with one attached hydrogen (secondary N) is 2. The molecule has 0 amide bonds. The number of aromatic nitrogens is 4.